The van der Waals surface area contributed by atoms with Crippen molar-refractivity contribution in [1.82, 2.24) is 0 Å². The average Bonchev–Trinajstić information content (AvgIpc) is 1.35. The summed E-state index contributed by atoms with van der Waals surface area (Å²) >= 11 is 5.44. The average molecular weight is 127 g/mol. The number of alkyl halides is 1. The van der Waals surface area contributed by atoms with Crippen molar-refractivity contribution in [2.75, 3.05) is 0 Å². The Morgan fingerprint density at radius 2 is 1.83 bits per heavy atom. The van der Waals surface area contributed by atoms with Crippen LogP contribution in [-0.2, 0) is 4.57 Å². The first kappa shape index (κ1) is 6.52. The maximum Gasteiger partial charge on any atom is 0.0869 e. The molecule has 0 spiro atoms. The fourth-order valence-electron chi connectivity index (χ4n) is 0. The molecule has 0 saturated heterocycles. The third kappa shape index (κ3) is 4.52. The van der Waals surface area contributed by atoms with Crippen LogP contribution in [0.15, 0.2) is 0 Å². The van der Waals surface area contributed by atoms with Crippen LogP contribution in [0.2, 0.25) is 0 Å². The van der Waals surface area contributed by atoms with Crippen LogP contribution in [0.3, 0.4) is 0 Å². The molecular formula is C3H8ClOP. The van der Waals surface area contributed by atoms with Gasteiger partial charge in [0.2, 0.25) is 0 Å². The molecule has 0 fully saturated rings. The molecule has 1 unspecified atom stereocenters. The van der Waals surface area contributed by atoms with Gasteiger partial charge in [-0.1, -0.05) is 0 Å². The van der Waals surface area contributed by atoms with Gasteiger partial charge in [0.15, 0.2) is 0 Å². The van der Waals surface area contributed by atoms with Gasteiger partial charge in [-0.25, -0.2) is 0 Å². The zero-order chi connectivity index (χ0) is 5.21. The molecule has 3 heteroatoms. The monoisotopic (exact) mass is 126 g/mol. The van der Waals surface area contributed by atoms with Crippen molar-refractivity contribution in [3.63, 3.8) is 0 Å². The van der Waals surface area contributed by atoms with Crippen LogP contribution < -0.4 is 0 Å². The van der Waals surface area contributed by atoms with E-state index >= 15 is 0 Å². The van der Waals surface area contributed by atoms with Gasteiger partial charge < -0.3 is 4.57 Å². The normalized spacial score (nSPS) is 13.8. The van der Waals surface area contributed by atoms with Crippen LogP contribution in [0, 0.1) is 0 Å². The number of halogens is 1. The van der Waals surface area contributed by atoms with E-state index in [9.17, 15) is 4.57 Å². The van der Waals surface area contributed by atoms with Gasteiger partial charge in [-0.3, -0.25) is 0 Å². The molecule has 6 heavy (non-hydrogen) atoms. The van der Waals surface area contributed by atoms with Crippen LogP contribution in [0.5, 0.6) is 0 Å². The molecule has 0 amide bonds. The Morgan fingerprint density at radius 1 is 1.67 bits per heavy atom. The van der Waals surface area contributed by atoms with E-state index in [0.717, 1.165) is 0 Å². The zero-order valence-corrected chi connectivity index (χ0v) is 5.77. The zero-order valence-electron chi connectivity index (χ0n) is 3.86. The number of hydrogen-bond donors (Lipinski definition) is 0. The SMILES string of the molecule is CC(C)(Cl)[PH2]=O. The van der Waals surface area contributed by atoms with Gasteiger partial charge in [0.1, 0.15) is 0 Å². The lowest BCUT2D eigenvalue weighted by Gasteiger charge is -2.01. The van der Waals surface area contributed by atoms with Crippen molar-refractivity contribution >= 4 is 20.1 Å². The van der Waals surface area contributed by atoms with Gasteiger partial charge in [0, 0.05) is 0 Å². The van der Waals surface area contributed by atoms with Gasteiger partial charge >= 0.3 is 0 Å². The molecule has 0 saturated carbocycles. The standard InChI is InChI=1S/C3H8ClOP/c1-3(2,4)6-5/h6H2,1-2H3. The maximum atomic E-state index is 9.90. The lowest BCUT2D eigenvalue weighted by atomic mass is 10.6. The summed E-state index contributed by atoms with van der Waals surface area (Å²) in [6, 6.07) is 0. The number of hydrogen-bond acceptors (Lipinski definition) is 1. The second-order valence-corrected chi connectivity index (χ2v) is 4.70. The van der Waals surface area contributed by atoms with Crippen molar-refractivity contribution in [2.24, 2.45) is 0 Å². The van der Waals surface area contributed by atoms with Gasteiger partial charge in [-0.05, 0) is 13.8 Å². The highest BCUT2D eigenvalue weighted by Crippen LogP contribution is 2.25. The lowest BCUT2D eigenvalue weighted by molar-refractivity contribution is 0.591. The fraction of sp³-hybridized carbons (Fsp3) is 1.00. The summed E-state index contributed by atoms with van der Waals surface area (Å²) in [5.41, 5.74) is 0. The Morgan fingerprint density at radius 3 is 1.83 bits per heavy atom. The molecule has 0 aliphatic carbocycles. The first-order valence-corrected chi connectivity index (χ1v) is 3.14. The van der Waals surface area contributed by atoms with Gasteiger partial charge in [-0.2, -0.15) is 0 Å². The molecule has 0 N–H and O–H groups in total. The molecule has 1 atom stereocenters. The molecule has 0 bridgehead atoms. The van der Waals surface area contributed by atoms with Crippen molar-refractivity contribution < 1.29 is 4.57 Å². The minimum atomic E-state index is -0.825. The predicted octanol–water partition coefficient (Wildman–Crippen LogP) is 1.72. The highest BCUT2D eigenvalue weighted by molar-refractivity contribution is 7.29. The van der Waals surface area contributed by atoms with Gasteiger partial charge in [0.25, 0.3) is 0 Å². The summed E-state index contributed by atoms with van der Waals surface area (Å²) in [6.45, 7) is 3.47. The van der Waals surface area contributed by atoms with Crippen molar-refractivity contribution in [3.05, 3.63) is 0 Å². The lowest BCUT2D eigenvalue weighted by Crippen LogP contribution is -1.94. The molecule has 0 aliphatic rings. The smallest absolute Gasteiger partial charge is 0.0869 e. The summed E-state index contributed by atoms with van der Waals surface area (Å²) < 4.78 is 9.44. The Hall–Kier alpha value is 0.520. The second kappa shape index (κ2) is 1.99. The van der Waals surface area contributed by atoms with E-state index in [1.807, 2.05) is 0 Å². The van der Waals surface area contributed by atoms with Crippen molar-refractivity contribution in [1.29, 1.82) is 0 Å². The quantitative estimate of drug-likeness (QED) is 0.386. The van der Waals surface area contributed by atoms with Gasteiger partial charge in [-0.15, -0.1) is 11.6 Å². The largest absolute Gasteiger partial charge is 0.328 e. The highest BCUT2D eigenvalue weighted by atomic mass is 35.5. The van der Waals surface area contributed by atoms with Crippen LogP contribution >= 0.6 is 20.1 Å². The molecule has 0 rings (SSSR count). The first-order valence-electron chi connectivity index (χ1n) is 1.71. The van der Waals surface area contributed by atoms with E-state index in [0.29, 0.717) is 0 Å². The van der Waals surface area contributed by atoms with Gasteiger partial charge in [0.05, 0.1) is 13.1 Å². The Bertz CT molecular complexity index is 56.3. The molecule has 1 nitrogen and oxygen atoms in total. The molecule has 0 radical (unpaired) electrons. The van der Waals surface area contributed by atoms with E-state index in [2.05, 4.69) is 0 Å². The molecule has 0 heterocycles. The van der Waals surface area contributed by atoms with Crippen LogP contribution in [-0.4, -0.2) is 4.62 Å². The molecule has 38 valence electrons. The molecule has 0 aliphatic heterocycles. The van der Waals surface area contributed by atoms with Crippen LogP contribution in [0.4, 0.5) is 0 Å². The van der Waals surface area contributed by atoms with E-state index in [-0.39, 0.29) is 0 Å². The van der Waals surface area contributed by atoms with E-state index < -0.39 is 13.1 Å². The van der Waals surface area contributed by atoms with E-state index in [1.54, 1.807) is 13.8 Å². The minimum absolute atomic E-state index is 0.458. The first-order chi connectivity index (χ1) is 2.56. The van der Waals surface area contributed by atoms with E-state index in [1.165, 1.54) is 0 Å². The topological polar surface area (TPSA) is 17.1 Å². The Labute approximate surface area is 43.9 Å². The second-order valence-electron chi connectivity index (χ2n) is 1.68. The summed E-state index contributed by atoms with van der Waals surface area (Å²) in [7, 11) is -0.825. The number of rotatable bonds is 1. The van der Waals surface area contributed by atoms with Crippen molar-refractivity contribution in [3.8, 4) is 0 Å². The summed E-state index contributed by atoms with van der Waals surface area (Å²) in [5.74, 6) is 0. The van der Waals surface area contributed by atoms with Crippen LogP contribution in [0.25, 0.3) is 0 Å². The molecule has 0 aromatic carbocycles. The minimum Gasteiger partial charge on any atom is -0.328 e. The van der Waals surface area contributed by atoms with Crippen molar-refractivity contribution in [2.45, 2.75) is 18.5 Å². The Balaban J connectivity index is 3.45. The molecule has 0 aromatic heterocycles. The summed E-state index contributed by atoms with van der Waals surface area (Å²) in [6.07, 6.45) is 0. The third-order valence-corrected chi connectivity index (χ3v) is 1.11. The van der Waals surface area contributed by atoms with Crippen LogP contribution in [0.1, 0.15) is 13.8 Å². The predicted molar refractivity (Wildman–Crippen MR) is 30.3 cm³/mol. The van der Waals surface area contributed by atoms with E-state index in [4.69, 9.17) is 11.6 Å². The summed E-state index contributed by atoms with van der Waals surface area (Å²) in [4.78, 5) is 0. The molecule has 0 aromatic rings. The third-order valence-electron chi connectivity index (χ3n) is 0.280. The fourth-order valence-corrected chi connectivity index (χ4v) is 0. The molecular weight excluding hydrogens is 118 g/mol. The summed E-state index contributed by atoms with van der Waals surface area (Å²) in [5, 5.41) is 0. The maximum absolute atomic E-state index is 9.90. The Kier molecular flexibility index (Phi) is 2.17. The highest BCUT2D eigenvalue weighted by Gasteiger charge is 2.06.